The maximum atomic E-state index is 12.3. The van der Waals surface area contributed by atoms with Crippen LogP contribution in [-0.2, 0) is 11.3 Å². The van der Waals surface area contributed by atoms with Crippen LogP contribution in [0.1, 0.15) is 39.8 Å². The highest BCUT2D eigenvalue weighted by molar-refractivity contribution is 5.98. The molecule has 4 N–H and O–H groups in total. The maximum Gasteiger partial charge on any atom is 0.251 e. The lowest BCUT2D eigenvalue weighted by molar-refractivity contribution is -0.114. The van der Waals surface area contributed by atoms with Gasteiger partial charge in [-0.25, -0.2) is 0 Å². The van der Waals surface area contributed by atoms with Crippen LogP contribution in [0, 0.1) is 0 Å². The van der Waals surface area contributed by atoms with Gasteiger partial charge in [0.2, 0.25) is 5.91 Å². The minimum absolute atomic E-state index is 0.0380. The number of furan rings is 1. The molecule has 8 nitrogen and oxygen atoms in total. The number of nitrogens with one attached hydrogen (secondary N) is 4. The van der Waals surface area contributed by atoms with Gasteiger partial charge in [-0.1, -0.05) is 13.0 Å². The van der Waals surface area contributed by atoms with E-state index in [0.717, 1.165) is 12.1 Å². The fourth-order valence-corrected chi connectivity index (χ4v) is 2.89. The lowest BCUT2D eigenvalue weighted by Gasteiger charge is -2.10. The Morgan fingerprint density at radius 2 is 1.62 bits per heavy atom. The molecule has 0 radical (unpaired) electrons. The van der Waals surface area contributed by atoms with E-state index < -0.39 is 0 Å². The van der Waals surface area contributed by atoms with Crippen LogP contribution in [-0.4, -0.2) is 30.8 Å². The molecule has 3 aromatic rings. The molecule has 0 spiro atoms. The van der Waals surface area contributed by atoms with Gasteiger partial charge in [-0.2, -0.15) is 0 Å². The Morgan fingerprint density at radius 3 is 2.34 bits per heavy atom. The molecule has 0 saturated heterocycles. The van der Waals surface area contributed by atoms with E-state index in [4.69, 9.17) is 4.42 Å². The van der Waals surface area contributed by atoms with E-state index in [1.807, 2.05) is 6.92 Å². The van der Waals surface area contributed by atoms with Gasteiger partial charge in [-0.3, -0.25) is 14.4 Å². The zero-order valence-corrected chi connectivity index (χ0v) is 17.8. The summed E-state index contributed by atoms with van der Waals surface area (Å²) in [4.78, 5) is 36.5. The largest absolute Gasteiger partial charge is 0.467 e. The van der Waals surface area contributed by atoms with Crippen LogP contribution in [0.3, 0.4) is 0 Å². The van der Waals surface area contributed by atoms with Crippen molar-refractivity contribution in [2.75, 3.05) is 23.7 Å². The number of benzene rings is 2. The average molecular weight is 434 g/mol. The first kappa shape index (κ1) is 22.6. The molecular formula is C24H26N4O4. The lowest BCUT2D eigenvalue weighted by atomic mass is 10.2. The Balaban J connectivity index is 1.48. The average Bonchev–Trinajstić information content (AvgIpc) is 3.34. The summed E-state index contributed by atoms with van der Waals surface area (Å²) >= 11 is 0. The number of hydrogen-bond acceptors (Lipinski definition) is 5. The quantitative estimate of drug-likeness (QED) is 0.391. The monoisotopic (exact) mass is 434 g/mol. The van der Waals surface area contributed by atoms with Gasteiger partial charge in [0.05, 0.1) is 19.4 Å². The standard InChI is InChI=1S/C24H26N4O4/c1-2-12-25-23(30)17-8-10-19(11-9-17)26-16-22(29)28-20-6-3-5-18(14-20)24(31)27-15-21-7-4-13-32-21/h3-11,13-14,26H,2,12,15-16H2,1H3,(H,25,30)(H,27,31)(H,28,29). The van der Waals surface area contributed by atoms with Gasteiger partial charge < -0.3 is 25.7 Å². The highest BCUT2D eigenvalue weighted by atomic mass is 16.3. The van der Waals surface area contributed by atoms with E-state index in [1.54, 1.807) is 66.9 Å². The van der Waals surface area contributed by atoms with Crippen LogP contribution in [0.5, 0.6) is 0 Å². The van der Waals surface area contributed by atoms with Crippen LogP contribution in [0.25, 0.3) is 0 Å². The number of rotatable bonds is 10. The predicted octanol–water partition coefficient (Wildman–Crippen LogP) is 3.40. The minimum Gasteiger partial charge on any atom is -0.467 e. The summed E-state index contributed by atoms with van der Waals surface area (Å²) in [5, 5.41) is 11.4. The molecule has 1 heterocycles. The van der Waals surface area contributed by atoms with E-state index in [9.17, 15) is 14.4 Å². The molecule has 0 bridgehead atoms. The van der Waals surface area contributed by atoms with Crippen LogP contribution < -0.4 is 21.3 Å². The maximum absolute atomic E-state index is 12.3. The second kappa shape index (κ2) is 11.4. The second-order valence-corrected chi connectivity index (χ2v) is 7.08. The third-order valence-corrected chi connectivity index (χ3v) is 4.55. The molecule has 3 amide bonds. The minimum atomic E-state index is -0.265. The Kier molecular flexibility index (Phi) is 8.02. The van der Waals surface area contributed by atoms with Crippen molar-refractivity contribution in [3.8, 4) is 0 Å². The molecule has 0 unspecified atom stereocenters. The van der Waals surface area contributed by atoms with Crippen molar-refractivity contribution < 1.29 is 18.8 Å². The molecule has 2 aromatic carbocycles. The van der Waals surface area contributed by atoms with Crippen LogP contribution >= 0.6 is 0 Å². The summed E-state index contributed by atoms with van der Waals surface area (Å²) in [5.74, 6) is 0.00863. The molecule has 32 heavy (non-hydrogen) atoms. The van der Waals surface area contributed by atoms with Crippen molar-refractivity contribution >= 4 is 29.1 Å². The summed E-state index contributed by atoms with van der Waals surface area (Å²) in [6.07, 6.45) is 2.42. The third kappa shape index (κ3) is 6.73. The normalized spacial score (nSPS) is 10.3. The summed E-state index contributed by atoms with van der Waals surface area (Å²) in [7, 11) is 0. The molecule has 0 aliphatic carbocycles. The molecule has 0 atom stereocenters. The van der Waals surface area contributed by atoms with Crippen molar-refractivity contribution in [2.24, 2.45) is 0 Å². The van der Waals surface area contributed by atoms with Gasteiger partial charge in [0.1, 0.15) is 5.76 Å². The zero-order chi connectivity index (χ0) is 22.8. The zero-order valence-electron chi connectivity index (χ0n) is 17.8. The van der Waals surface area contributed by atoms with E-state index in [2.05, 4.69) is 21.3 Å². The van der Waals surface area contributed by atoms with Crippen LogP contribution in [0.2, 0.25) is 0 Å². The molecule has 1 aromatic heterocycles. The molecule has 0 saturated carbocycles. The summed E-state index contributed by atoms with van der Waals surface area (Å²) in [5.41, 5.74) is 2.23. The summed E-state index contributed by atoms with van der Waals surface area (Å²) in [6, 6.07) is 17.1. The van der Waals surface area contributed by atoms with Crippen molar-refractivity contribution in [1.82, 2.24) is 10.6 Å². The number of amides is 3. The van der Waals surface area contributed by atoms with Crippen molar-refractivity contribution in [1.29, 1.82) is 0 Å². The molecule has 0 aliphatic heterocycles. The SMILES string of the molecule is CCCNC(=O)c1ccc(NCC(=O)Nc2cccc(C(=O)NCc3ccco3)c2)cc1. The Bertz CT molecular complexity index is 1050. The van der Waals surface area contributed by atoms with Gasteiger partial charge in [0.25, 0.3) is 11.8 Å². The molecule has 3 rings (SSSR count). The topological polar surface area (TPSA) is 112 Å². The number of anilines is 2. The highest BCUT2D eigenvalue weighted by Gasteiger charge is 2.09. The van der Waals surface area contributed by atoms with E-state index in [-0.39, 0.29) is 30.8 Å². The Hall–Kier alpha value is -4.07. The lowest BCUT2D eigenvalue weighted by Crippen LogP contribution is -2.24. The van der Waals surface area contributed by atoms with E-state index >= 15 is 0 Å². The van der Waals surface area contributed by atoms with Crippen LogP contribution in [0.4, 0.5) is 11.4 Å². The molecular weight excluding hydrogens is 408 g/mol. The molecule has 0 aliphatic rings. The number of hydrogen-bond donors (Lipinski definition) is 4. The fourth-order valence-electron chi connectivity index (χ4n) is 2.89. The predicted molar refractivity (Wildman–Crippen MR) is 123 cm³/mol. The summed E-state index contributed by atoms with van der Waals surface area (Å²) < 4.78 is 5.19. The molecule has 166 valence electrons. The van der Waals surface area contributed by atoms with E-state index in [1.165, 1.54) is 0 Å². The van der Waals surface area contributed by atoms with Gasteiger partial charge in [0, 0.05) is 29.0 Å². The number of carbonyl (C=O) groups is 3. The first-order valence-corrected chi connectivity index (χ1v) is 10.4. The van der Waals surface area contributed by atoms with E-state index in [0.29, 0.717) is 29.1 Å². The van der Waals surface area contributed by atoms with Gasteiger partial charge in [0.15, 0.2) is 0 Å². The second-order valence-electron chi connectivity index (χ2n) is 7.08. The van der Waals surface area contributed by atoms with Crippen molar-refractivity contribution in [3.63, 3.8) is 0 Å². The van der Waals surface area contributed by atoms with Gasteiger partial charge in [-0.05, 0) is 61.0 Å². The van der Waals surface area contributed by atoms with Gasteiger partial charge in [-0.15, -0.1) is 0 Å². The summed E-state index contributed by atoms with van der Waals surface area (Å²) in [6.45, 7) is 2.94. The smallest absolute Gasteiger partial charge is 0.251 e. The fraction of sp³-hybridized carbons (Fsp3) is 0.208. The Labute approximate surface area is 186 Å². The Morgan fingerprint density at radius 1 is 0.844 bits per heavy atom. The van der Waals surface area contributed by atoms with Gasteiger partial charge >= 0.3 is 0 Å². The third-order valence-electron chi connectivity index (χ3n) is 4.55. The van der Waals surface area contributed by atoms with Crippen molar-refractivity contribution in [2.45, 2.75) is 19.9 Å². The number of carbonyl (C=O) groups excluding carboxylic acids is 3. The highest BCUT2D eigenvalue weighted by Crippen LogP contribution is 2.12. The van der Waals surface area contributed by atoms with Crippen molar-refractivity contribution in [3.05, 3.63) is 83.8 Å². The molecule has 8 heteroatoms. The van der Waals surface area contributed by atoms with Crippen LogP contribution in [0.15, 0.2) is 71.3 Å². The first-order valence-electron chi connectivity index (χ1n) is 10.4. The molecule has 0 fully saturated rings. The first-order chi connectivity index (χ1) is 15.5.